The highest BCUT2D eigenvalue weighted by atomic mass is 19.1. The number of hydrogen-bond donors (Lipinski definition) is 2. The molecular weight excluding hydrogens is 333 g/mol. The largest absolute Gasteiger partial charge is 0.335 e. The van der Waals surface area contributed by atoms with Crippen LogP contribution in [0.3, 0.4) is 0 Å². The van der Waals surface area contributed by atoms with Gasteiger partial charge in [0.1, 0.15) is 5.82 Å². The maximum absolute atomic E-state index is 13.8. The average molecular weight is 361 g/mol. The van der Waals surface area contributed by atoms with E-state index in [0.717, 1.165) is 19.3 Å². The number of carbonyl (C=O) groups excluding carboxylic acids is 2. The Labute approximate surface area is 154 Å². The molecule has 1 fully saturated rings. The first-order valence-electron chi connectivity index (χ1n) is 9.16. The summed E-state index contributed by atoms with van der Waals surface area (Å²) < 4.78 is 13.8. The first kappa shape index (κ1) is 20.1. The minimum Gasteiger partial charge on any atom is -0.335 e. The zero-order valence-electron chi connectivity index (χ0n) is 15.3. The Morgan fingerprint density at radius 2 is 2.04 bits per heavy atom. The van der Waals surface area contributed by atoms with Crippen molar-refractivity contribution >= 4 is 11.9 Å². The predicted octanol–water partition coefficient (Wildman–Crippen LogP) is 3.22. The Balaban J connectivity index is 1.85. The fraction of sp³-hybridized carbons (Fsp3) is 0.500. The summed E-state index contributed by atoms with van der Waals surface area (Å²) in [5, 5.41) is 5.27. The van der Waals surface area contributed by atoms with Crippen molar-refractivity contribution in [3.05, 3.63) is 48.3 Å². The number of carbonyl (C=O) groups is 2. The van der Waals surface area contributed by atoms with Gasteiger partial charge in [0.25, 0.3) is 0 Å². The van der Waals surface area contributed by atoms with Crippen LogP contribution < -0.4 is 10.6 Å². The van der Waals surface area contributed by atoms with Gasteiger partial charge in [-0.2, -0.15) is 0 Å². The number of amides is 3. The van der Waals surface area contributed by atoms with Crippen LogP contribution >= 0.6 is 0 Å². The molecule has 3 amide bonds. The molecule has 6 heteroatoms. The van der Waals surface area contributed by atoms with Crippen molar-refractivity contribution in [2.45, 2.75) is 45.2 Å². The van der Waals surface area contributed by atoms with Crippen LogP contribution in [-0.2, 0) is 11.3 Å². The molecule has 0 saturated heterocycles. The molecule has 0 radical (unpaired) electrons. The molecule has 5 nitrogen and oxygen atoms in total. The molecule has 1 aromatic rings. The second-order valence-corrected chi connectivity index (χ2v) is 6.94. The molecule has 2 rings (SSSR count). The lowest BCUT2D eigenvalue weighted by Crippen LogP contribution is -2.49. The summed E-state index contributed by atoms with van der Waals surface area (Å²) >= 11 is 0. The third-order valence-electron chi connectivity index (χ3n) is 4.79. The third kappa shape index (κ3) is 6.26. The zero-order chi connectivity index (χ0) is 18.9. The van der Waals surface area contributed by atoms with Crippen LogP contribution in [0.25, 0.3) is 0 Å². The normalized spacial score (nSPS) is 19.8. The van der Waals surface area contributed by atoms with Gasteiger partial charge in [0, 0.05) is 24.7 Å². The summed E-state index contributed by atoms with van der Waals surface area (Å²) in [4.78, 5) is 26.0. The Morgan fingerprint density at radius 1 is 1.31 bits per heavy atom. The maximum atomic E-state index is 13.8. The number of hydrogen-bond acceptors (Lipinski definition) is 3. The molecule has 2 atom stereocenters. The highest BCUT2D eigenvalue weighted by Gasteiger charge is 2.23. The van der Waals surface area contributed by atoms with Crippen LogP contribution in [0, 0.1) is 11.7 Å². The lowest BCUT2D eigenvalue weighted by molar-refractivity contribution is -0.121. The molecule has 0 aromatic heterocycles. The van der Waals surface area contributed by atoms with E-state index in [1.165, 1.54) is 12.5 Å². The lowest BCUT2D eigenvalue weighted by atomic mass is 9.86. The molecule has 1 aliphatic carbocycles. The van der Waals surface area contributed by atoms with Gasteiger partial charge < -0.3 is 5.32 Å². The molecule has 1 saturated carbocycles. The fourth-order valence-corrected chi connectivity index (χ4v) is 3.34. The smallest absolute Gasteiger partial charge is 0.321 e. The number of benzene rings is 1. The van der Waals surface area contributed by atoms with Crippen molar-refractivity contribution in [2.75, 3.05) is 13.1 Å². The standard InChI is InChI=1S/C20H28FN3O2/c1-3-12-24(13-16-9-5-6-10-17(16)21)14-19(25)23-20(26)22-18-11-7-4-8-15(18)2/h3,5-6,9-10,15,18H,1,4,7-8,11-14H2,2H3,(H2,22,23,25,26). The minimum absolute atomic E-state index is 0.00596. The van der Waals surface area contributed by atoms with Crippen LogP contribution in [0.1, 0.15) is 38.2 Å². The molecule has 142 valence electrons. The van der Waals surface area contributed by atoms with Gasteiger partial charge in [-0.15, -0.1) is 6.58 Å². The van der Waals surface area contributed by atoms with Crippen molar-refractivity contribution in [3.63, 3.8) is 0 Å². The molecule has 2 N–H and O–H groups in total. The number of nitrogens with one attached hydrogen (secondary N) is 2. The summed E-state index contributed by atoms with van der Waals surface area (Å²) in [5.41, 5.74) is 0.502. The van der Waals surface area contributed by atoms with Crippen molar-refractivity contribution in [1.29, 1.82) is 0 Å². The summed E-state index contributed by atoms with van der Waals surface area (Å²) in [6.07, 6.45) is 5.97. The second kappa shape index (κ2) is 10.1. The first-order valence-corrected chi connectivity index (χ1v) is 9.16. The predicted molar refractivity (Wildman–Crippen MR) is 100.0 cm³/mol. The van der Waals surface area contributed by atoms with E-state index in [-0.39, 0.29) is 24.9 Å². The van der Waals surface area contributed by atoms with Crippen LogP contribution in [0.2, 0.25) is 0 Å². The summed E-state index contributed by atoms with van der Waals surface area (Å²) in [6.45, 7) is 6.47. The van der Waals surface area contributed by atoms with Crippen LogP contribution in [0.15, 0.2) is 36.9 Å². The van der Waals surface area contributed by atoms with Crippen molar-refractivity contribution in [3.8, 4) is 0 Å². The quantitative estimate of drug-likeness (QED) is 0.733. The monoisotopic (exact) mass is 361 g/mol. The molecular formula is C20H28FN3O2. The van der Waals surface area contributed by atoms with Gasteiger partial charge in [0.2, 0.25) is 5.91 Å². The van der Waals surface area contributed by atoms with Crippen LogP contribution in [0.4, 0.5) is 9.18 Å². The van der Waals surface area contributed by atoms with Gasteiger partial charge in [0.05, 0.1) is 6.54 Å². The number of imide groups is 1. The minimum atomic E-state index is -0.460. The van der Waals surface area contributed by atoms with Gasteiger partial charge in [-0.3, -0.25) is 15.0 Å². The van der Waals surface area contributed by atoms with E-state index in [1.54, 1.807) is 29.2 Å². The molecule has 2 unspecified atom stereocenters. The Kier molecular flexibility index (Phi) is 7.78. The first-order chi connectivity index (χ1) is 12.5. The summed E-state index contributed by atoms with van der Waals surface area (Å²) in [5.74, 6) is -0.307. The molecule has 1 aromatic carbocycles. The number of nitrogens with zero attached hydrogens (tertiary/aromatic N) is 1. The van der Waals surface area contributed by atoms with E-state index in [2.05, 4.69) is 24.1 Å². The lowest BCUT2D eigenvalue weighted by Gasteiger charge is -2.29. The van der Waals surface area contributed by atoms with E-state index in [0.29, 0.717) is 18.0 Å². The van der Waals surface area contributed by atoms with E-state index in [1.807, 2.05) is 0 Å². The topological polar surface area (TPSA) is 61.4 Å². The van der Waals surface area contributed by atoms with E-state index < -0.39 is 11.9 Å². The van der Waals surface area contributed by atoms with Gasteiger partial charge in [-0.05, 0) is 24.8 Å². The van der Waals surface area contributed by atoms with Crippen LogP contribution in [0.5, 0.6) is 0 Å². The van der Waals surface area contributed by atoms with E-state index in [4.69, 9.17) is 0 Å². The van der Waals surface area contributed by atoms with E-state index in [9.17, 15) is 14.0 Å². The Hall–Kier alpha value is -2.21. The summed E-state index contributed by atoms with van der Waals surface area (Å²) in [7, 11) is 0. The second-order valence-electron chi connectivity index (χ2n) is 6.94. The molecule has 1 aliphatic rings. The SMILES string of the molecule is C=CCN(CC(=O)NC(=O)NC1CCCCC1C)Cc1ccccc1F. The third-order valence-corrected chi connectivity index (χ3v) is 4.79. The number of urea groups is 1. The maximum Gasteiger partial charge on any atom is 0.321 e. The fourth-order valence-electron chi connectivity index (χ4n) is 3.34. The van der Waals surface area contributed by atoms with Crippen molar-refractivity contribution in [1.82, 2.24) is 15.5 Å². The van der Waals surface area contributed by atoms with Gasteiger partial charge >= 0.3 is 6.03 Å². The van der Waals surface area contributed by atoms with Gasteiger partial charge in [-0.1, -0.05) is 44.0 Å². The zero-order valence-corrected chi connectivity index (χ0v) is 15.3. The van der Waals surface area contributed by atoms with Crippen molar-refractivity contribution in [2.24, 2.45) is 5.92 Å². The van der Waals surface area contributed by atoms with Gasteiger partial charge in [0.15, 0.2) is 0 Å². The Bertz CT molecular complexity index is 635. The van der Waals surface area contributed by atoms with E-state index >= 15 is 0 Å². The molecule has 0 heterocycles. The van der Waals surface area contributed by atoms with Gasteiger partial charge in [-0.25, -0.2) is 9.18 Å². The van der Waals surface area contributed by atoms with Crippen molar-refractivity contribution < 1.29 is 14.0 Å². The highest BCUT2D eigenvalue weighted by Crippen LogP contribution is 2.23. The summed E-state index contributed by atoms with van der Waals surface area (Å²) in [6, 6.07) is 6.10. The molecule has 0 aliphatic heterocycles. The Morgan fingerprint density at radius 3 is 2.73 bits per heavy atom. The molecule has 0 spiro atoms. The van der Waals surface area contributed by atoms with Crippen LogP contribution in [-0.4, -0.2) is 36.0 Å². The average Bonchev–Trinajstić information content (AvgIpc) is 2.59. The highest BCUT2D eigenvalue weighted by molar-refractivity contribution is 5.95. The number of halogens is 1. The molecule has 0 bridgehead atoms. The molecule has 26 heavy (non-hydrogen) atoms. The number of rotatable bonds is 7.